The first-order valence-corrected chi connectivity index (χ1v) is 11.3. The molecule has 6 rings (SSSR count). The average Bonchev–Trinajstić information content (AvgIpc) is 3.37. The molecule has 2 atom stereocenters. The predicted octanol–water partition coefficient (Wildman–Crippen LogP) is 1.67. The van der Waals surface area contributed by atoms with Crippen LogP contribution in [0.25, 0.3) is 11.2 Å². The zero-order valence-electron chi connectivity index (χ0n) is 18.5. The monoisotopic (exact) mass is 435 g/mol. The van der Waals surface area contributed by atoms with Gasteiger partial charge in [0.15, 0.2) is 22.8 Å². The van der Waals surface area contributed by atoms with Crippen LogP contribution in [0.5, 0.6) is 0 Å². The van der Waals surface area contributed by atoms with Crippen molar-refractivity contribution in [2.24, 2.45) is 11.1 Å². The van der Waals surface area contributed by atoms with Crippen molar-refractivity contribution in [3.05, 3.63) is 24.5 Å². The van der Waals surface area contributed by atoms with E-state index in [2.05, 4.69) is 49.9 Å². The van der Waals surface area contributed by atoms with Crippen molar-refractivity contribution in [3.63, 3.8) is 0 Å². The van der Waals surface area contributed by atoms with Gasteiger partial charge in [-0.25, -0.2) is 15.0 Å². The molecule has 3 aliphatic rings. The van der Waals surface area contributed by atoms with E-state index in [0.29, 0.717) is 5.65 Å². The number of pyridine rings is 1. The molecule has 10 nitrogen and oxygen atoms in total. The van der Waals surface area contributed by atoms with Gasteiger partial charge in [0, 0.05) is 50.9 Å². The van der Waals surface area contributed by atoms with Crippen LogP contribution in [0, 0.1) is 5.41 Å². The number of ether oxygens (including phenoxy) is 1. The second-order valence-corrected chi connectivity index (χ2v) is 9.28. The number of fused-ring (bicyclic) bond motifs is 2. The molecule has 0 bridgehead atoms. The summed E-state index contributed by atoms with van der Waals surface area (Å²) in [6.45, 7) is 6.33. The summed E-state index contributed by atoms with van der Waals surface area (Å²) < 4.78 is 5.85. The molecule has 2 fully saturated rings. The van der Waals surface area contributed by atoms with Gasteiger partial charge in [0.2, 0.25) is 0 Å². The van der Waals surface area contributed by atoms with Crippen LogP contribution in [-0.4, -0.2) is 77.1 Å². The third-order valence-electron chi connectivity index (χ3n) is 7.50. The highest BCUT2D eigenvalue weighted by Crippen LogP contribution is 2.42. The van der Waals surface area contributed by atoms with E-state index >= 15 is 0 Å². The smallest absolute Gasteiger partial charge is 0.183 e. The molecule has 32 heavy (non-hydrogen) atoms. The summed E-state index contributed by atoms with van der Waals surface area (Å²) in [5.41, 5.74) is 9.08. The number of hydrogen-bond donors (Lipinski definition) is 2. The highest BCUT2D eigenvalue weighted by atomic mass is 16.5. The highest BCUT2D eigenvalue weighted by molar-refractivity contribution is 5.89. The van der Waals surface area contributed by atoms with Crippen LogP contribution in [0.1, 0.15) is 19.8 Å². The van der Waals surface area contributed by atoms with Crippen LogP contribution < -0.4 is 20.4 Å². The zero-order valence-corrected chi connectivity index (χ0v) is 18.5. The largest absolute Gasteiger partial charge is 0.376 e. The number of H-pyrrole nitrogens is 1. The fourth-order valence-corrected chi connectivity index (χ4v) is 5.36. The Hall–Kier alpha value is -2.98. The first-order chi connectivity index (χ1) is 15.6. The molecule has 0 radical (unpaired) electrons. The van der Waals surface area contributed by atoms with Crippen molar-refractivity contribution in [1.82, 2.24) is 25.1 Å². The van der Waals surface area contributed by atoms with Gasteiger partial charge in [0.1, 0.15) is 5.82 Å². The van der Waals surface area contributed by atoms with Crippen LogP contribution in [0.15, 0.2) is 24.5 Å². The van der Waals surface area contributed by atoms with Gasteiger partial charge in [-0.1, -0.05) is 0 Å². The Morgan fingerprint density at radius 2 is 2.00 bits per heavy atom. The number of aromatic amines is 1. The van der Waals surface area contributed by atoms with E-state index in [1.165, 1.54) is 0 Å². The van der Waals surface area contributed by atoms with Gasteiger partial charge in [-0.15, -0.1) is 0 Å². The van der Waals surface area contributed by atoms with Gasteiger partial charge < -0.3 is 25.2 Å². The molecule has 168 valence electrons. The molecule has 0 unspecified atom stereocenters. The van der Waals surface area contributed by atoms with Crippen LogP contribution in [0.3, 0.4) is 0 Å². The summed E-state index contributed by atoms with van der Waals surface area (Å²) in [5, 5.41) is 7.69. The molecule has 0 saturated carbocycles. The van der Waals surface area contributed by atoms with Gasteiger partial charge >= 0.3 is 0 Å². The standard InChI is InChI=1S/C22H29N9O/c1-14-18(23)22(13-32-14)5-8-30(9-6-22)16-12-25-17-19(26-16)27-28-21(17)31-11-10-29(2)20-15(31)4-3-7-24-20/h3-4,7,12,14,18H,5-6,8-11,13,23H2,1-2H3,(H,26,27,28)/t14-,18+/m0/s1. The molecule has 6 heterocycles. The topological polar surface area (TPSA) is 112 Å². The predicted molar refractivity (Wildman–Crippen MR) is 123 cm³/mol. The van der Waals surface area contributed by atoms with Crippen LogP contribution in [0.2, 0.25) is 0 Å². The van der Waals surface area contributed by atoms with Crippen molar-refractivity contribution in [1.29, 1.82) is 0 Å². The summed E-state index contributed by atoms with van der Waals surface area (Å²) >= 11 is 0. The van der Waals surface area contributed by atoms with Gasteiger partial charge in [0.25, 0.3) is 0 Å². The molecule has 3 aromatic rings. The fourth-order valence-electron chi connectivity index (χ4n) is 5.36. The van der Waals surface area contributed by atoms with Crippen LogP contribution >= 0.6 is 0 Å². The van der Waals surface area contributed by atoms with Crippen molar-refractivity contribution < 1.29 is 4.74 Å². The minimum absolute atomic E-state index is 0.0947. The maximum absolute atomic E-state index is 6.47. The van der Waals surface area contributed by atoms with Gasteiger partial charge in [-0.3, -0.25) is 5.10 Å². The number of piperidine rings is 1. The fraction of sp³-hybridized carbons (Fsp3) is 0.545. The van der Waals surface area contributed by atoms with Gasteiger partial charge in [0.05, 0.1) is 24.6 Å². The Labute approximate surface area is 186 Å². The minimum atomic E-state index is 0.0947. The maximum atomic E-state index is 6.47. The van der Waals surface area contributed by atoms with E-state index in [1.54, 1.807) is 0 Å². The summed E-state index contributed by atoms with van der Waals surface area (Å²) in [7, 11) is 2.06. The molecule has 0 aromatic carbocycles. The number of anilines is 4. The lowest BCUT2D eigenvalue weighted by Gasteiger charge is -2.41. The Morgan fingerprint density at radius 3 is 2.78 bits per heavy atom. The van der Waals surface area contributed by atoms with E-state index in [9.17, 15) is 0 Å². The SMILES string of the molecule is C[C@@H]1OCC2(CCN(c3cnc4c(N5CCN(C)c6ncccc65)n[nH]c4n3)CC2)[C@@H]1N. The molecule has 3 N–H and O–H groups in total. The van der Waals surface area contributed by atoms with Crippen molar-refractivity contribution in [3.8, 4) is 0 Å². The average molecular weight is 436 g/mol. The quantitative estimate of drug-likeness (QED) is 0.621. The Kier molecular flexibility index (Phi) is 4.48. The Balaban J connectivity index is 1.25. The van der Waals surface area contributed by atoms with E-state index in [-0.39, 0.29) is 17.6 Å². The molecule has 1 spiro atoms. The number of likely N-dealkylation sites (N-methyl/N-ethyl adjacent to an activating group) is 1. The van der Waals surface area contributed by atoms with E-state index in [1.807, 2.05) is 18.5 Å². The molecule has 0 aliphatic carbocycles. The lowest BCUT2D eigenvalue weighted by Crippen LogP contribution is -2.50. The van der Waals surface area contributed by atoms with E-state index in [0.717, 1.165) is 74.3 Å². The normalized spacial score (nSPS) is 25.0. The molecule has 10 heteroatoms. The first kappa shape index (κ1) is 19.7. The third-order valence-corrected chi connectivity index (χ3v) is 7.50. The molecule has 3 aromatic heterocycles. The second-order valence-electron chi connectivity index (χ2n) is 9.28. The maximum Gasteiger partial charge on any atom is 0.183 e. The molecule has 3 aliphatic heterocycles. The summed E-state index contributed by atoms with van der Waals surface area (Å²) in [4.78, 5) is 20.8. The first-order valence-electron chi connectivity index (χ1n) is 11.3. The number of aromatic nitrogens is 5. The Bertz CT molecular complexity index is 1140. The molecular weight excluding hydrogens is 406 g/mol. The summed E-state index contributed by atoms with van der Waals surface area (Å²) in [6.07, 6.45) is 5.85. The van der Waals surface area contributed by atoms with Crippen molar-refractivity contribution >= 4 is 34.3 Å². The number of hydrogen-bond acceptors (Lipinski definition) is 9. The zero-order chi connectivity index (χ0) is 21.9. The highest BCUT2D eigenvalue weighted by Gasteiger charge is 2.47. The number of nitrogens with zero attached hydrogens (tertiary/aromatic N) is 7. The molecule has 0 amide bonds. The van der Waals surface area contributed by atoms with Gasteiger partial charge in [-0.2, -0.15) is 5.10 Å². The Morgan fingerprint density at radius 1 is 1.16 bits per heavy atom. The van der Waals surface area contributed by atoms with E-state index in [4.69, 9.17) is 20.4 Å². The van der Waals surface area contributed by atoms with Crippen LogP contribution in [0.4, 0.5) is 23.1 Å². The summed E-state index contributed by atoms with van der Waals surface area (Å²) in [5.74, 6) is 2.62. The summed E-state index contributed by atoms with van der Waals surface area (Å²) in [6, 6.07) is 4.13. The number of nitrogens with one attached hydrogen (secondary N) is 1. The van der Waals surface area contributed by atoms with E-state index < -0.39 is 0 Å². The lowest BCUT2D eigenvalue weighted by atomic mass is 9.73. The lowest BCUT2D eigenvalue weighted by molar-refractivity contribution is 0.0974. The second kappa shape index (κ2) is 7.28. The van der Waals surface area contributed by atoms with Gasteiger partial charge in [-0.05, 0) is 31.9 Å². The van der Waals surface area contributed by atoms with Crippen LogP contribution in [-0.2, 0) is 4.74 Å². The molecular formula is C22H29N9O. The molecule has 2 saturated heterocycles. The third kappa shape index (κ3) is 2.93. The van der Waals surface area contributed by atoms with Crippen molar-refractivity contribution in [2.75, 3.05) is 54.5 Å². The van der Waals surface area contributed by atoms with Crippen molar-refractivity contribution in [2.45, 2.75) is 31.9 Å². The number of nitrogens with two attached hydrogens (primary N) is 1. The minimum Gasteiger partial charge on any atom is -0.376 e. The number of rotatable bonds is 2.